The molecule has 3 aromatic rings. The zero-order chi connectivity index (χ0) is 40.7. The number of benzene rings is 1. The fourth-order valence-electron chi connectivity index (χ4n) is 7.09. The van der Waals surface area contributed by atoms with Crippen LogP contribution in [0.2, 0.25) is 0 Å². The van der Waals surface area contributed by atoms with E-state index in [1.165, 1.54) is 0 Å². The molecule has 0 amide bonds. The van der Waals surface area contributed by atoms with E-state index in [9.17, 15) is 28.8 Å². The first-order valence-electron chi connectivity index (χ1n) is 18.8. The van der Waals surface area contributed by atoms with Crippen molar-refractivity contribution >= 4 is 40.7 Å². The van der Waals surface area contributed by atoms with Gasteiger partial charge in [0.05, 0.1) is 72.5 Å². The van der Waals surface area contributed by atoms with Crippen molar-refractivity contribution in [2.45, 2.75) is 85.5 Å². The Morgan fingerprint density at radius 1 is 0.875 bits per heavy atom. The van der Waals surface area contributed by atoms with E-state index in [4.69, 9.17) is 38.1 Å². The van der Waals surface area contributed by atoms with E-state index in [2.05, 4.69) is 0 Å². The largest absolute Gasteiger partial charge is 0.463 e. The molecule has 0 radical (unpaired) electrons. The summed E-state index contributed by atoms with van der Waals surface area (Å²) in [7, 11) is 1.56. The molecule has 15 nitrogen and oxygen atoms in total. The highest BCUT2D eigenvalue weighted by Crippen LogP contribution is 2.41. The maximum Gasteiger partial charge on any atom is 0.355 e. The van der Waals surface area contributed by atoms with Crippen LogP contribution in [-0.2, 0) is 75.9 Å². The Bertz CT molecular complexity index is 2040. The van der Waals surface area contributed by atoms with Gasteiger partial charge in [-0.2, -0.15) is 0 Å². The van der Waals surface area contributed by atoms with Crippen LogP contribution in [0.4, 0.5) is 0 Å². The van der Waals surface area contributed by atoms with E-state index in [1.54, 1.807) is 45.4 Å². The zero-order valence-corrected chi connectivity index (χ0v) is 32.9. The summed E-state index contributed by atoms with van der Waals surface area (Å²) in [4.78, 5) is 83.5. The molecule has 56 heavy (non-hydrogen) atoms. The molecule has 2 aliphatic heterocycles. The molecule has 0 saturated heterocycles. The van der Waals surface area contributed by atoms with Crippen molar-refractivity contribution in [2.75, 3.05) is 46.8 Å². The molecule has 302 valence electrons. The Morgan fingerprint density at radius 2 is 1.55 bits per heavy atom. The summed E-state index contributed by atoms with van der Waals surface area (Å²) >= 11 is 0. The molecule has 15 heteroatoms. The van der Waals surface area contributed by atoms with Crippen molar-refractivity contribution in [1.82, 2.24) is 9.55 Å². The molecule has 1 aromatic carbocycles. The lowest BCUT2D eigenvalue weighted by molar-refractivity contribution is -0.189. The Balaban J connectivity index is 1.14. The average Bonchev–Trinajstić information content (AvgIpc) is 3.54. The second-order valence-electron chi connectivity index (χ2n) is 14.8. The van der Waals surface area contributed by atoms with Crippen LogP contribution in [0.15, 0.2) is 41.2 Å². The number of aromatic nitrogens is 2. The SMILES string of the molecule is CCC(C)(CC(C)(C)C(=O)OCCOCCOC)C(=O)OCCOC(=O)CCC(=O)O[C@]1(CC)C(=O)OCc2c1cc1n(c2=O)Cc2cc3ccccc3nc2-1. The number of para-hydroxylation sites is 1. The summed E-state index contributed by atoms with van der Waals surface area (Å²) in [5, 5.41) is 0.929. The van der Waals surface area contributed by atoms with Gasteiger partial charge in [-0.25, -0.2) is 9.78 Å². The molecule has 2 aromatic heterocycles. The van der Waals surface area contributed by atoms with Gasteiger partial charge in [0, 0.05) is 23.6 Å². The van der Waals surface area contributed by atoms with Crippen molar-refractivity contribution in [3.05, 3.63) is 63.4 Å². The minimum atomic E-state index is -1.91. The number of hydrogen-bond acceptors (Lipinski definition) is 14. The Hall–Kier alpha value is -5.15. The van der Waals surface area contributed by atoms with Gasteiger partial charge in [0.2, 0.25) is 5.60 Å². The van der Waals surface area contributed by atoms with Crippen LogP contribution in [0.3, 0.4) is 0 Å². The number of pyridine rings is 2. The highest BCUT2D eigenvalue weighted by atomic mass is 16.6. The Kier molecular flexibility index (Phi) is 13.3. The average molecular weight is 779 g/mol. The second-order valence-corrected chi connectivity index (χ2v) is 14.8. The number of carbonyl (C=O) groups excluding carboxylic acids is 5. The lowest BCUT2D eigenvalue weighted by Gasteiger charge is -2.35. The van der Waals surface area contributed by atoms with Crippen LogP contribution in [0.1, 0.15) is 83.4 Å². The van der Waals surface area contributed by atoms with Gasteiger partial charge in [-0.1, -0.05) is 32.0 Å². The normalized spacial score (nSPS) is 16.9. The second kappa shape index (κ2) is 17.8. The maximum atomic E-state index is 13.8. The van der Waals surface area contributed by atoms with Gasteiger partial charge >= 0.3 is 29.8 Å². The lowest BCUT2D eigenvalue weighted by Crippen LogP contribution is -2.47. The summed E-state index contributed by atoms with van der Waals surface area (Å²) < 4.78 is 39.0. The van der Waals surface area contributed by atoms with E-state index in [-0.39, 0.29) is 69.0 Å². The van der Waals surface area contributed by atoms with Crippen molar-refractivity contribution in [3.8, 4) is 11.4 Å². The van der Waals surface area contributed by atoms with E-state index in [0.717, 1.165) is 16.5 Å². The van der Waals surface area contributed by atoms with Crippen molar-refractivity contribution in [2.24, 2.45) is 10.8 Å². The molecule has 5 rings (SSSR count). The molecule has 0 fully saturated rings. The van der Waals surface area contributed by atoms with Crippen LogP contribution in [-0.4, -0.2) is 86.1 Å². The van der Waals surface area contributed by atoms with E-state index >= 15 is 0 Å². The van der Waals surface area contributed by atoms with Gasteiger partial charge < -0.3 is 37.7 Å². The highest BCUT2D eigenvalue weighted by molar-refractivity contribution is 5.89. The number of hydrogen-bond donors (Lipinski definition) is 0. The van der Waals surface area contributed by atoms with Crippen LogP contribution in [0.5, 0.6) is 0 Å². The third-order valence-corrected chi connectivity index (χ3v) is 10.3. The summed E-state index contributed by atoms with van der Waals surface area (Å²) in [6.07, 6.45) is -0.314. The van der Waals surface area contributed by atoms with Gasteiger partial charge in [0.15, 0.2) is 0 Å². The molecule has 2 aliphatic rings. The quantitative estimate of drug-likeness (QED) is 0.0734. The van der Waals surface area contributed by atoms with E-state index < -0.39 is 52.7 Å². The molecule has 0 aliphatic carbocycles. The van der Waals surface area contributed by atoms with Crippen LogP contribution in [0.25, 0.3) is 22.3 Å². The van der Waals surface area contributed by atoms with Gasteiger partial charge in [-0.05, 0) is 58.2 Å². The molecule has 0 spiro atoms. The lowest BCUT2D eigenvalue weighted by atomic mass is 9.72. The standard InChI is InChI=1S/C41H50N2O13/c1-7-40(5,25-39(3,4)36(47)53-18-17-51-16-15-50-6)37(48)54-20-19-52-32(44)13-14-33(45)56-41(8-2)29-22-31-34-27(21-26-11-9-10-12-30(26)42-34)23-43(31)35(46)28(29)24-55-38(41)49/h9-12,21-22H,7-8,13-20,23-25H2,1-6H3/t40?,41-/m0/s1. The first-order chi connectivity index (χ1) is 26.7. The van der Waals surface area contributed by atoms with Gasteiger partial charge in [0.1, 0.15) is 26.4 Å². The van der Waals surface area contributed by atoms with Crippen molar-refractivity contribution < 1.29 is 57.1 Å². The number of carbonyl (C=O) groups is 5. The minimum Gasteiger partial charge on any atom is -0.463 e. The molecule has 1 unspecified atom stereocenters. The molecular formula is C41H50N2O13. The van der Waals surface area contributed by atoms with Crippen LogP contribution >= 0.6 is 0 Å². The topological polar surface area (TPSA) is 185 Å². The van der Waals surface area contributed by atoms with Crippen LogP contribution < -0.4 is 5.56 Å². The zero-order valence-electron chi connectivity index (χ0n) is 32.9. The third-order valence-electron chi connectivity index (χ3n) is 10.3. The minimum absolute atomic E-state index is 0.0272. The number of nitrogens with zero attached hydrogens (tertiary/aromatic N) is 2. The van der Waals surface area contributed by atoms with Gasteiger partial charge in [-0.15, -0.1) is 0 Å². The Morgan fingerprint density at radius 3 is 2.29 bits per heavy atom. The van der Waals surface area contributed by atoms with E-state index in [1.807, 2.05) is 37.3 Å². The summed E-state index contributed by atoms with van der Waals surface area (Å²) in [5.74, 6) is -3.48. The smallest absolute Gasteiger partial charge is 0.355 e. The fraction of sp³-hybridized carbons (Fsp3) is 0.537. The van der Waals surface area contributed by atoms with Crippen LogP contribution in [0, 0.1) is 10.8 Å². The number of ether oxygens (including phenoxy) is 7. The number of methoxy groups -OCH3 is 1. The number of fused-ring (bicyclic) bond motifs is 5. The van der Waals surface area contributed by atoms with Gasteiger partial charge in [-0.3, -0.25) is 24.0 Å². The molecule has 2 atom stereocenters. The molecular weight excluding hydrogens is 728 g/mol. The predicted molar refractivity (Wildman–Crippen MR) is 200 cm³/mol. The molecule has 0 N–H and O–H groups in total. The van der Waals surface area contributed by atoms with Gasteiger partial charge in [0.25, 0.3) is 5.56 Å². The van der Waals surface area contributed by atoms with Crippen molar-refractivity contribution in [1.29, 1.82) is 0 Å². The predicted octanol–water partition coefficient (Wildman–Crippen LogP) is 4.54. The first-order valence-corrected chi connectivity index (χ1v) is 18.8. The molecule has 4 heterocycles. The summed E-state index contributed by atoms with van der Waals surface area (Å²) in [6.45, 7) is 9.12. The third kappa shape index (κ3) is 8.94. The number of esters is 5. The monoisotopic (exact) mass is 778 g/mol. The molecule has 0 bridgehead atoms. The summed E-state index contributed by atoms with van der Waals surface area (Å²) in [6, 6.07) is 11.3. The van der Waals surface area contributed by atoms with Crippen molar-refractivity contribution in [3.63, 3.8) is 0 Å². The first kappa shape index (κ1) is 42.0. The highest BCUT2D eigenvalue weighted by Gasteiger charge is 2.50. The Labute approximate surface area is 324 Å². The summed E-state index contributed by atoms with van der Waals surface area (Å²) in [5.41, 5.74) is -1.17. The number of cyclic esters (lactones) is 1. The number of rotatable bonds is 19. The maximum absolute atomic E-state index is 13.8. The van der Waals surface area contributed by atoms with E-state index in [0.29, 0.717) is 37.6 Å². The fourth-order valence-corrected chi connectivity index (χ4v) is 7.09. The molecule has 0 saturated carbocycles.